The molecule has 0 radical (unpaired) electrons. The first-order valence-corrected chi connectivity index (χ1v) is 15.1. The number of anilines is 1. The normalized spacial score (nSPS) is 20.5. The van der Waals surface area contributed by atoms with E-state index >= 15 is 0 Å². The Bertz CT molecular complexity index is 1620. The van der Waals surface area contributed by atoms with Crippen molar-refractivity contribution in [1.29, 1.82) is 0 Å². The van der Waals surface area contributed by atoms with E-state index in [4.69, 9.17) is 25.5 Å². The summed E-state index contributed by atoms with van der Waals surface area (Å²) in [5.41, 5.74) is 12.2. The van der Waals surface area contributed by atoms with E-state index in [0.29, 0.717) is 11.7 Å². The molecule has 8 nitrogen and oxygen atoms in total. The first kappa shape index (κ1) is 28.3. The van der Waals surface area contributed by atoms with Gasteiger partial charge < -0.3 is 20.9 Å². The molecule has 1 atom stereocenters. The Balaban J connectivity index is 0.000000397. The molecular weight excluding hydrogens is 524 g/mol. The molecule has 0 amide bonds. The third-order valence-electron chi connectivity index (χ3n) is 8.58. The van der Waals surface area contributed by atoms with Crippen LogP contribution in [0.1, 0.15) is 50.3 Å². The number of ether oxygens (including phenoxy) is 1. The van der Waals surface area contributed by atoms with E-state index in [1.165, 1.54) is 12.8 Å². The number of benzene rings is 2. The zero-order valence-electron chi connectivity index (χ0n) is 24.2. The summed E-state index contributed by atoms with van der Waals surface area (Å²) in [6, 6.07) is 20.9. The number of hydrogen-bond acceptors (Lipinski definition) is 7. The predicted octanol–water partition coefficient (Wildman–Crippen LogP) is 5.84. The van der Waals surface area contributed by atoms with Gasteiger partial charge in [0.25, 0.3) is 0 Å². The third kappa shape index (κ3) is 6.02. The first-order valence-electron chi connectivity index (χ1n) is 15.1. The molecule has 5 aromatic rings. The van der Waals surface area contributed by atoms with Crippen LogP contribution in [0.25, 0.3) is 38.9 Å². The maximum Gasteiger partial charge on any atom is 0.150 e. The van der Waals surface area contributed by atoms with E-state index in [9.17, 15) is 0 Å². The van der Waals surface area contributed by atoms with Crippen molar-refractivity contribution in [2.24, 2.45) is 5.92 Å². The molecule has 218 valence electrons. The molecule has 0 spiro atoms. The van der Waals surface area contributed by atoms with Gasteiger partial charge in [-0.25, -0.2) is 15.0 Å². The molecule has 1 saturated carbocycles. The monoisotopic (exact) mass is 564 g/mol. The number of imidazole rings is 1. The van der Waals surface area contributed by atoms with E-state index < -0.39 is 0 Å². The number of nitrogens with zero attached hydrogens (tertiary/aromatic N) is 4. The second kappa shape index (κ2) is 13.0. The fraction of sp³-hybridized carbons (Fsp3) is 0.382. The van der Waals surface area contributed by atoms with Gasteiger partial charge in [-0.1, -0.05) is 48.5 Å². The van der Waals surface area contributed by atoms with Gasteiger partial charge >= 0.3 is 0 Å². The molecule has 1 aliphatic carbocycles. The largest absolute Gasteiger partial charge is 0.394 e. The topological polar surface area (TPSA) is 111 Å². The Morgan fingerprint density at radius 1 is 0.976 bits per heavy atom. The van der Waals surface area contributed by atoms with Crippen LogP contribution in [0.2, 0.25) is 0 Å². The Morgan fingerprint density at radius 3 is 2.50 bits per heavy atom. The van der Waals surface area contributed by atoms with Crippen LogP contribution in [0.4, 0.5) is 5.82 Å². The van der Waals surface area contributed by atoms with Gasteiger partial charge in [-0.15, -0.1) is 0 Å². The molecule has 1 aliphatic heterocycles. The van der Waals surface area contributed by atoms with Crippen LogP contribution < -0.4 is 11.1 Å². The van der Waals surface area contributed by atoms with Crippen molar-refractivity contribution in [2.45, 2.75) is 50.5 Å². The zero-order valence-corrected chi connectivity index (χ0v) is 24.2. The van der Waals surface area contributed by atoms with Crippen molar-refractivity contribution in [1.82, 2.24) is 24.7 Å². The fourth-order valence-electron chi connectivity index (χ4n) is 6.31. The van der Waals surface area contributed by atoms with E-state index in [1.54, 1.807) is 6.20 Å². The summed E-state index contributed by atoms with van der Waals surface area (Å²) in [4.78, 5) is 14.6. The van der Waals surface area contributed by atoms with Crippen LogP contribution in [0.3, 0.4) is 0 Å². The van der Waals surface area contributed by atoms with Gasteiger partial charge in [0, 0.05) is 41.4 Å². The highest BCUT2D eigenvalue weighted by atomic mass is 16.5. The minimum absolute atomic E-state index is 0.153. The molecule has 1 unspecified atom stereocenters. The average molecular weight is 565 g/mol. The number of aliphatic hydroxyl groups is 1. The quantitative estimate of drug-likeness (QED) is 0.237. The first-order chi connectivity index (χ1) is 20.6. The molecule has 2 fully saturated rings. The Hall–Kier alpha value is -3.85. The second-order valence-electron chi connectivity index (χ2n) is 11.4. The van der Waals surface area contributed by atoms with E-state index in [2.05, 4.69) is 57.2 Å². The number of fused-ring (bicyclic) bond motifs is 2. The lowest BCUT2D eigenvalue weighted by molar-refractivity contribution is 0.0591. The van der Waals surface area contributed by atoms with Crippen LogP contribution in [0, 0.1) is 5.92 Å². The lowest BCUT2D eigenvalue weighted by Crippen LogP contribution is -2.24. The number of aliphatic hydroxyl groups excluding tert-OH is 1. The highest BCUT2D eigenvalue weighted by molar-refractivity contribution is 5.91. The number of nitrogen functional groups attached to an aromatic ring is 1. The summed E-state index contributed by atoms with van der Waals surface area (Å²) < 4.78 is 7.22. The highest BCUT2D eigenvalue weighted by Crippen LogP contribution is 2.39. The number of rotatable bonds is 6. The molecule has 3 aromatic heterocycles. The van der Waals surface area contributed by atoms with E-state index in [1.807, 2.05) is 31.4 Å². The van der Waals surface area contributed by atoms with Crippen molar-refractivity contribution < 1.29 is 9.84 Å². The van der Waals surface area contributed by atoms with Crippen LogP contribution in [0.5, 0.6) is 0 Å². The smallest absolute Gasteiger partial charge is 0.150 e. The maximum absolute atomic E-state index is 8.44. The summed E-state index contributed by atoms with van der Waals surface area (Å²) in [5, 5.41) is 12.9. The molecule has 4 heterocycles. The van der Waals surface area contributed by atoms with E-state index in [-0.39, 0.29) is 12.7 Å². The Labute approximate surface area is 247 Å². The summed E-state index contributed by atoms with van der Waals surface area (Å²) >= 11 is 0. The lowest BCUT2D eigenvalue weighted by Gasteiger charge is -2.27. The molecule has 0 bridgehead atoms. The van der Waals surface area contributed by atoms with Crippen LogP contribution in [-0.2, 0) is 4.74 Å². The predicted molar refractivity (Wildman–Crippen MR) is 168 cm³/mol. The van der Waals surface area contributed by atoms with Gasteiger partial charge in [-0.05, 0) is 70.2 Å². The summed E-state index contributed by atoms with van der Waals surface area (Å²) in [7, 11) is 2.04. The summed E-state index contributed by atoms with van der Waals surface area (Å²) in [6.45, 7) is 2.12. The summed E-state index contributed by atoms with van der Waals surface area (Å²) in [6.07, 6.45) is 10.8. The Kier molecular flexibility index (Phi) is 8.74. The molecule has 2 aliphatic rings. The zero-order chi connectivity index (χ0) is 28.9. The minimum Gasteiger partial charge on any atom is -0.394 e. The lowest BCUT2D eigenvalue weighted by atomic mass is 9.81. The molecule has 4 N–H and O–H groups in total. The van der Waals surface area contributed by atoms with Gasteiger partial charge in [-0.2, -0.15) is 0 Å². The van der Waals surface area contributed by atoms with Crippen molar-refractivity contribution in [3.8, 4) is 22.5 Å². The number of pyridine rings is 1. The minimum atomic E-state index is 0.153. The van der Waals surface area contributed by atoms with E-state index in [0.717, 1.165) is 89.5 Å². The second-order valence-corrected chi connectivity index (χ2v) is 11.4. The molecule has 1 saturated heterocycles. The SMILES string of the molecule is CNCC1CCC(c2nc(-c3ccc4ccc(-c5ccccc5)nc4c3)c3c(N)nccn23)CC1.OCC1CCCO1. The molecule has 7 rings (SSSR count). The number of nitrogens with one attached hydrogen (secondary N) is 1. The van der Waals surface area contributed by atoms with Crippen molar-refractivity contribution in [3.05, 3.63) is 78.9 Å². The van der Waals surface area contributed by atoms with Crippen molar-refractivity contribution >= 4 is 22.2 Å². The average Bonchev–Trinajstić information content (AvgIpc) is 3.71. The highest BCUT2D eigenvalue weighted by Gasteiger charge is 2.27. The van der Waals surface area contributed by atoms with Gasteiger partial charge in [0.05, 0.1) is 23.9 Å². The number of aromatic nitrogens is 4. The van der Waals surface area contributed by atoms with Gasteiger partial charge in [0.1, 0.15) is 22.9 Å². The van der Waals surface area contributed by atoms with Crippen LogP contribution in [-0.4, -0.2) is 57.4 Å². The summed E-state index contributed by atoms with van der Waals surface area (Å²) in [5.74, 6) is 2.78. The molecule has 2 aromatic carbocycles. The van der Waals surface area contributed by atoms with Gasteiger partial charge in [0.15, 0.2) is 0 Å². The van der Waals surface area contributed by atoms with Gasteiger partial charge in [0.2, 0.25) is 0 Å². The standard InChI is InChI=1S/C29H30N6.C5H10O2/c1-31-18-19-7-9-22(10-8-19)29-34-26(27-28(30)32-15-16-35(27)29)23-12-11-21-13-14-24(33-25(21)17-23)20-5-3-2-4-6-20;6-4-5-2-1-3-7-5/h2-6,11-17,19,22,31H,7-10,18H2,1H3,(H2,30,32);5-6H,1-4H2. The number of nitrogens with two attached hydrogens (primary N) is 1. The Morgan fingerprint density at radius 2 is 1.79 bits per heavy atom. The van der Waals surface area contributed by atoms with Gasteiger partial charge in [-0.3, -0.25) is 4.40 Å². The number of hydrogen-bond donors (Lipinski definition) is 3. The van der Waals surface area contributed by atoms with Crippen LogP contribution in [0.15, 0.2) is 73.1 Å². The fourth-order valence-corrected chi connectivity index (χ4v) is 6.31. The molecule has 8 heteroatoms. The molecular formula is C34H40N6O2. The van der Waals surface area contributed by atoms with Crippen molar-refractivity contribution in [2.75, 3.05) is 32.5 Å². The van der Waals surface area contributed by atoms with Crippen molar-refractivity contribution in [3.63, 3.8) is 0 Å². The van der Waals surface area contributed by atoms with Crippen LogP contribution >= 0.6 is 0 Å². The third-order valence-corrected chi connectivity index (χ3v) is 8.58. The molecule has 42 heavy (non-hydrogen) atoms. The maximum atomic E-state index is 8.44.